The first-order valence-electron chi connectivity index (χ1n) is 8.87. The normalized spacial score (nSPS) is 11.9. The Morgan fingerprint density at radius 3 is 2.41 bits per heavy atom. The maximum atomic E-state index is 6.29. The number of fused-ring (bicyclic) bond motifs is 7. The molecule has 6 rings (SSSR count). The molecule has 0 N–H and O–H groups in total. The lowest BCUT2D eigenvalue weighted by molar-refractivity contribution is 0.673. The highest BCUT2D eigenvalue weighted by molar-refractivity contribution is 6.30. The summed E-state index contributed by atoms with van der Waals surface area (Å²) in [5, 5.41) is 4.50. The zero-order valence-electron chi connectivity index (χ0n) is 14.4. The van der Waals surface area contributed by atoms with E-state index in [-0.39, 0.29) is 0 Å². The summed E-state index contributed by atoms with van der Waals surface area (Å²) in [6.45, 7) is 0. The predicted molar refractivity (Wildman–Crippen MR) is 111 cm³/mol. The Labute approximate surface area is 156 Å². The Kier molecular flexibility index (Phi) is 2.84. The van der Waals surface area contributed by atoms with Gasteiger partial charge < -0.3 is 4.42 Å². The first-order chi connectivity index (χ1) is 13.3. The molecular weight excluding hydrogens is 331 g/mol. The molecule has 0 aliphatic rings. The van der Waals surface area contributed by atoms with Crippen molar-refractivity contribution in [3.63, 3.8) is 0 Å². The monoisotopic (exact) mass is 344 g/mol. The fourth-order valence-electron chi connectivity index (χ4n) is 4.05. The lowest BCUT2D eigenvalue weighted by Crippen LogP contribution is -2.10. The van der Waals surface area contributed by atoms with Crippen LogP contribution in [-0.4, -0.2) is 17.4 Å². The topological polar surface area (TPSA) is 31.0 Å². The van der Waals surface area contributed by atoms with Crippen molar-refractivity contribution < 1.29 is 4.42 Å². The number of nitrogens with zero attached hydrogens (tertiary/aromatic N) is 2. The van der Waals surface area contributed by atoms with E-state index < -0.39 is 0 Å². The summed E-state index contributed by atoms with van der Waals surface area (Å²) in [6, 6.07) is 26.5. The first-order valence-corrected chi connectivity index (χ1v) is 8.87. The number of rotatable bonds is 1. The van der Waals surface area contributed by atoms with Crippen LogP contribution in [0.15, 0.2) is 83.3 Å². The number of hydrogen-bond acceptors (Lipinski definition) is 2. The highest BCUT2D eigenvalue weighted by atomic mass is 16.3. The van der Waals surface area contributed by atoms with Crippen LogP contribution < -0.4 is 5.59 Å². The Hall–Kier alpha value is -3.53. The van der Waals surface area contributed by atoms with E-state index in [0.29, 0.717) is 5.59 Å². The minimum atomic E-state index is 0.503. The third-order valence-corrected chi connectivity index (χ3v) is 5.17. The number of furan rings is 1. The summed E-state index contributed by atoms with van der Waals surface area (Å²) in [5.41, 5.74) is 4.45. The molecular formula is C23H13BN2O. The molecule has 0 aliphatic heterocycles. The molecule has 27 heavy (non-hydrogen) atoms. The molecule has 3 nitrogen and oxygen atoms in total. The Morgan fingerprint density at radius 1 is 0.704 bits per heavy atom. The standard InChI is InChI=1S/C23H13BN2O/c24-20-10-5-11-21(25-20)26-17-8-3-1-7-16(17)22-18(26)13-12-15-14-6-2-4-9-19(14)27-23(15)22/h1-13H. The second-order valence-corrected chi connectivity index (χ2v) is 6.71. The van der Waals surface area contributed by atoms with Crippen molar-refractivity contribution in [2.24, 2.45) is 0 Å². The lowest BCUT2D eigenvalue weighted by atomic mass is 10.0. The van der Waals surface area contributed by atoms with Gasteiger partial charge in [-0.25, -0.2) is 4.98 Å². The van der Waals surface area contributed by atoms with Crippen molar-refractivity contribution in [3.05, 3.63) is 78.9 Å². The van der Waals surface area contributed by atoms with Gasteiger partial charge in [0.1, 0.15) is 24.8 Å². The van der Waals surface area contributed by atoms with E-state index in [1.165, 1.54) is 0 Å². The van der Waals surface area contributed by atoms with Crippen molar-refractivity contribution in [3.8, 4) is 5.82 Å². The van der Waals surface area contributed by atoms with Gasteiger partial charge in [-0.15, -0.1) is 0 Å². The molecule has 0 saturated carbocycles. The van der Waals surface area contributed by atoms with Crippen LogP contribution in [0.5, 0.6) is 0 Å². The van der Waals surface area contributed by atoms with Gasteiger partial charge in [0, 0.05) is 16.2 Å². The molecule has 124 valence electrons. The number of benzene rings is 3. The second kappa shape index (κ2) is 5.24. The van der Waals surface area contributed by atoms with E-state index in [9.17, 15) is 0 Å². The van der Waals surface area contributed by atoms with Crippen LogP contribution in [0.2, 0.25) is 0 Å². The zero-order chi connectivity index (χ0) is 18.0. The fraction of sp³-hybridized carbons (Fsp3) is 0. The SMILES string of the molecule is [B]c1cccc(-n2c3ccccc3c3c4oc5ccccc5c4ccc32)n1. The molecule has 3 aromatic carbocycles. The third kappa shape index (κ3) is 1.95. The predicted octanol–water partition coefficient (Wildman–Crippen LogP) is 4.87. The summed E-state index contributed by atoms with van der Waals surface area (Å²) in [7, 11) is 5.95. The van der Waals surface area contributed by atoms with E-state index in [2.05, 4.69) is 45.9 Å². The van der Waals surface area contributed by atoms with E-state index in [0.717, 1.165) is 49.6 Å². The highest BCUT2D eigenvalue weighted by Gasteiger charge is 2.18. The molecule has 3 aromatic heterocycles. The smallest absolute Gasteiger partial charge is 0.145 e. The molecule has 0 bridgehead atoms. The van der Waals surface area contributed by atoms with Crippen molar-refractivity contribution in [2.75, 3.05) is 0 Å². The van der Waals surface area contributed by atoms with E-state index in [4.69, 9.17) is 12.3 Å². The fourth-order valence-corrected chi connectivity index (χ4v) is 4.05. The maximum Gasteiger partial charge on any atom is 0.145 e. The summed E-state index contributed by atoms with van der Waals surface area (Å²) >= 11 is 0. The molecule has 0 aliphatic carbocycles. The molecule has 3 heterocycles. The first kappa shape index (κ1) is 14.6. The van der Waals surface area contributed by atoms with Gasteiger partial charge >= 0.3 is 0 Å². The van der Waals surface area contributed by atoms with Crippen LogP contribution >= 0.6 is 0 Å². The van der Waals surface area contributed by atoms with Gasteiger partial charge in [0.15, 0.2) is 0 Å². The molecule has 4 heteroatoms. The molecule has 0 saturated heterocycles. The second-order valence-electron chi connectivity index (χ2n) is 6.71. The van der Waals surface area contributed by atoms with Crippen LogP contribution in [0.1, 0.15) is 0 Å². The van der Waals surface area contributed by atoms with Crippen LogP contribution in [0.4, 0.5) is 0 Å². The van der Waals surface area contributed by atoms with E-state index in [1.807, 2.05) is 36.4 Å². The third-order valence-electron chi connectivity index (χ3n) is 5.17. The number of hydrogen-bond donors (Lipinski definition) is 0. The Bertz CT molecular complexity index is 1490. The molecule has 0 spiro atoms. The molecule has 0 amide bonds. The molecule has 0 fully saturated rings. The van der Waals surface area contributed by atoms with Crippen molar-refractivity contribution in [1.82, 2.24) is 9.55 Å². The van der Waals surface area contributed by atoms with Gasteiger partial charge in [0.2, 0.25) is 0 Å². The Balaban J connectivity index is 1.87. The van der Waals surface area contributed by atoms with Crippen LogP contribution in [-0.2, 0) is 0 Å². The number of para-hydroxylation sites is 2. The summed E-state index contributed by atoms with van der Waals surface area (Å²) < 4.78 is 8.43. The molecule has 0 unspecified atom stereocenters. The van der Waals surface area contributed by atoms with Crippen molar-refractivity contribution in [1.29, 1.82) is 0 Å². The minimum absolute atomic E-state index is 0.503. The average Bonchev–Trinajstić information content (AvgIpc) is 3.23. The van der Waals surface area contributed by atoms with Gasteiger partial charge in [-0.05, 0) is 35.9 Å². The number of aromatic nitrogens is 2. The molecule has 6 aromatic rings. The van der Waals surface area contributed by atoms with E-state index >= 15 is 0 Å². The summed E-state index contributed by atoms with van der Waals surface area (Å²) in [4.78, 5) is 4.55. The molecule has 0 atom stereocenters. The largest absolute Gasteiger partial charge is 0.455 e. The highest BCUT2D eigenvalue weighted by Crippen LogP contribution is 2.39. The number of pyridine rings is 1. The minimum Gasteiger partial charge on any atom is -0.455 e. The van der Waals surface area contributed by atoms with Crippen LogP contribution in [0.25, 0.3) is 49.6 Å². The average molecular weight is 344 g/mol. The van der Waals surface area contributed by atoms with Crippen LogP contribution in [0.3, 0.4) is 0 Å². The summed E-state index contributed by atoms with van der Waals surface area (Å²) in [6.07, 6.45) is 0. The zero-order valence-corrected chi connectivity index (χ0v) is 14.4. The van der Waals surface area contributed by atoms with Gasteiger partial charge in [-0.2, -0.15) is 0 Å². The van der Waals surface area contributed by atoms with Crippen molar-refractivity contribution >= 4 is 57.2 Å². The molecule has 2 radical (unpaired) electrons. The lowest BCUT2D eigenvalue weighted by Gasteiger charge is -2.07. The van der Waals surface area contributed by atoms with Gasteiger partial charge in [0.25, 0.3) is 0 Å². The van der Waals surface area contributed by atoms with Gasteiger partial charge in [-0.3, -0.25) is 4.57 Å². The van der Waals surface area contributed by atoms with E-state index in [1.54, 1.807) is 6.07 Å². The quantitative estimate of drug-likeness (QED) is 0.398. The maximum absolute atomic E-state index is 6.29. The van der Waals surface area contributed by atoms with Crippen LogP contribution in [0, 0.1) is 0 Å². The Morgan fingerprint density at radius 2 is 1.52 bits per heavy atom. The van der Waals surface area contributed by atoms with Gasteiger partial charge in [-0.1, -0.05) is 48.5 Å². The van der Waals surface area contributed by atoms with Crippen molar-refractivity contribution in [2.45, 2.75) is 0 Å². The summed E-state index contributed by atoms with van der Waals surface area (Å²) in [5.74, 6) is 0.802. The van der Waals surface area contributed by atoms with Gasteiger partial charge in [0.05, 0.1) is 16.4 Å².